The van der Waals surface area contributed by atoms with Crippen molar-refractivity contribution in [2.75, 3.05) is 32.1 Å². The van der Waals surface area contributed by atoms with Crippen molar-refractivity contribution in [3.63, 3.8) is 0 Å². The zero-order chi connectivity index (χ0) is 10.3. The fourth-order valence-electron chi connectivity index (χ4n) is 1.53. The van der Waals surface area contributed by atoms with Crippen molar-refractivity contribution in [2.45, 2.75) is 11.6 Å². The molecule has 6 heteroatoms. The Hall–Kier alpha value is -0.590. The average Bonchev–Trinajstić information content (AvgIpc) is 2.88. The molecule has 2 N–H and O–H groups in total. The molecule has 0 amide bonds. The lowest BCUT2D eigenvalue weighted by Gasteiger charge is -2.08. The van der Waals surface area contributed by atoms with Gasteiger partial charge in [0.15, 0.2) is 5.16 Å². The van der Waals surface area contributed by atoms with Gasteiger partial charge in [0.1, 0.15) is 6.33 Å². The van der Waals surface area contributed by atoms with Gasteiger partial charge in [-0.3, -0.25) is 5.10 Å². The molecule has 1 atom stereocenters. The van der Waals surface area contributed by atoms with E-state index in [9.17, 15) is 0 Å². The van der Waals surface area contributed by atoms with E-state index >= 15 is 0 Å². The smallest absolute Gasteiger partial charge is 0.183 e. The normalized spacial score (nSPS) is 20.9. The molecule has 2 rings (SSSR count). The minimum Gasteiger partial charge on any atom is -0.381 e. The van der Waals surface area contributed by atoms with Crippen LogP contribution in [0.4, 0.5) is 0 Å². The third-order valence-electron chi connectivity index (χ3n) is 2.37. The highest BCUT2D eigenvalue weighted by Gasteiger charge is 2.14. The number of ether oxygens (including phenoxy) is 1. The van der Waals surface area contributed by atoms with E-state index in [2.05, 4.69) is 20.5 Å². The number of H-pyrrole nitrogens is 1. The third kappa shape index (κ3) is 3.81. The molecule has 0 aliphatic carbocycles. The molecule has 0 bridgehead atoms. The van der Waals surface area contributed by atoms with Crippen molar-refractivity contribution in [1.29, 1.82) is 0 Å². The van der Waals surface area contributed by atoms with Crippen LogP contribution in [0.15, 0.2) is 11.5 Å². The van der Waals surface area contributed by atoms with E-state index in [4.69, 9.17) is 4.74 Å². The Balaban J connectivity index is 1.48. The topological polar surface area (TPSA) is 62.8 Å². The van der Waals surface area contributed by atoms with Gasteiger partial charge >= 0.3 is 0 Å². The number of hydrogen-bond acceptors (Lipinski definition) is 5. The Kier molecular flexibility index (Phi) is 4.43. The quantitative estimate of drug-likeness (QED) is 0.549. The van der Waals surface area contributed by atoms with Crippen molar-refractivity contribution in [2.24, 2.45) is 5.92 Å². The van der Waals surface area contributed by atoms with Crippen LogP contribution >= 0.6 is 11.8 Å². The second kappa shape index (κ2) is 6.09. The zero-order valence-electron chi connectivity index (χ0n) is 8.61. The fraction of sp³-hybridized carbons (Fsp3) is 0.778. The van der Waals surface area contributed by atoms with Crippen LogP contribution in [-0.2, 0) is 4.74 Å². The summed E-state index contributed by atoms with van der Waals surface area (Å²) < 4.78 is 5.30. The van der Waals surface area contributed by atoms with Crippen molar-refractivity contribution in [1.82, 2.24) is 20.5 Å². The highest BCUT2D eigenvalue weighted by molar-refractivity contribution is 7.99. The van der Waals surface area contributed by atoms with Crippen LogP contribution in [0.2, 0.25) is 0 Å². The summed E-state index contributed by atoms with van der Waals surface area (Å²) in [5.41, 5.74) is 0. The summed E-state index contributed by atoms with van der Waals surface area (Å²) in [5, 5.41) is 10.9. The van der Waals surface area contributed by atoms with Gasteiger partial charge in [-0.2, -0.15) is 5.10 Å². The van der Waals surface area contributed by atoms with Gasteiger partial charge in [0.25, 0.3) is 0 Å². The molecule has 1 saturated heterocycles. The number of aromatic amines is 1. The van der Waals surface area contributed by atoms with Crippen molar-refractivity contribution >= 4 is 11.8 Å². The molecule has 1 aliphatic rings. The minimum absolute atomic E-state index is 0.709. The lowest BCUT2D eigenvalue weighted by atomic mass is 10.1. The summed E-state index contributed by atoms with van der Waals surface area (Å²) >= 11 is 1.69. The van der Waals surface area contributed by atoms with Gasteiger partial charge in [0.2, 0.25) is 0 Å². The first-order valence-electron chi connectivity index (χ1n) is 5.22. The number of rotatable bonds is 6. The van der Waals surface area contributed by atoms with Gasteiger partial charge in [-0.15, -0.1) is 0 Å². The standard InChI is InChI=1S/C9H16N4OS/c1-3-14-6-8(1)5-10-2-4-15-9-11-7-12-13-9/h7-8,10H,1-6H2,(H,11,12,13). The molecule has 84 valence electrons. The number of nitrogens with one attached hydrogen (secondary N) is 2. The summed E-state index contributed by atoms with van der Waals surface area (Å²) in [4.78, 5) is 4.04. The van der Waals surface area contributed by atoms with E-state index in [1.807, 2.05) is 0 Å². The maximum atomic E-state index is 5.30. The highest BCUT2D eigenvalue weighted by atomic mass is 32.2. The van der Waals surface area contributed by atoms with Gasteiger partial charge < -0.3 is 10.1 Å². The third-order valence-corrected chi connectivity index (χ3v) is 3.25. The molecule has 0 aromatic carbocycles. The molecular formula is C9H16N4OS. The van der Waals surface area contributed by atoms with Crippen LogP contribution in [0.25, 0.3) is 0 Å². The maximum Gasteiger partial charge on any atom is 0.183 e. The number of nitrogens with zero attached hydrogens (tertiary/aromatic N) is 2. The Morgan fingerprint density at radius 1 is 1.67 bits per heavy atom. The van der Waals surface area contributed by atoms with Crippen molar-refractivity contribution in [3.8, 4) is 0 Å². The van der Waals surface area contributed by atoms with Crippen molar-refractivity contribution in [3.05, 3.63) is 6.33 Å². The Morgan fingerprint density at radius 2 is 2.67 bits per heavy atom. The molecular weight excluding hydrogens is 212 g/mol. The van der Waals surface area contributed by atoms with E-state index in [0.717, 1.165) is 37.2 Å². The summed E-state index contributed by atoms with van der Waals surface area (Å²) in [7, 11) is 0. The summed E-state index contributed by atoms with van der Waals surface area (Å²) in [6.45, 7) is 3.92. The van der Waals surface area contributed by atoms with Crippen LogP contribution in [0, 0.1) is 5.92 Å². The zero-order valence-corrected chi connectivity index (χ0v) is 9.42. The Morgan fingerprint density at radius 3 is 3.40 bits per heavy atom. The second-order valence-electron chi connectivity index (χ2n) is 3.57. The molecule has 0 spiro atoms. The van der Waals surface area contributed by atoms with E-state index in [1.54, 1.807) is 11.8 Å². The van der Waals surface area contributed by atoms with Gasteiger partial charge in [-0.25, -0.2) is 4.98 Å². The molecule has 0 radical (unpaired) electrons. The van der Waals surface area contributed by atoms with Crippen LogP contribution in [0.3, 0.4) is 0 Å². The van der Waals surface area contributed by atoms with E-state index in [-0.39, 0.29) is 0 Å². The van der Waals surface area contributed by atoms with E-state index < -0.39 is 0 Å². The largest absolute Gasteiger partial charge is 0.381 e. The van der Waals surface area contributed by atoms with E-state index in [1.165, 1.54) is 12.7 Å². The van der Waals surface area contributed by atoms with Crippen LogP contribution < -0.4 is 5.32 Å². The number of hydrogen-bond donors (Lipinski definition) is 2. The molecule has 1 fully saturated rings. The summed E-state index contributed by atoms with van der Waals surface area (Å²) in [5.74, 6) is 1.73. The van der Waals surface area contributed by atoms with Gasteiger partial charge in [0, 0.05) is 25.4 Å². The second-order valence-corrected chi connectivity index (χ2v) is 4.66. The summed E-state index contributed by atoms with van der Waals surface area (Å²) in [6, 6.07) is 0. The highest BCUT2D eigenvalue weighted by Crippen LogP contribution is 2.11. The molecule has 0 saturated carbocycles. The SMILES string of the molecule is c1n[nH]c(SCCNCC2CCOC2)n1. The number of aromatic nitrogens is 3. The first kappa shape index (κ1) is 10.9. The Labute approximate surface area is 93.4 Å². The lowest BCUT2D eigenvalue weighted by Crippen LogP contribution is -2.25. The summed E-state index contributed by atoms with van der Waals surface area (Å²) in [6.07, 6.45) is 2.73. The molecule has 15 heavy (non-hydrogen) atoms. The number of thioether (sulfide) groups is 1. The molecule has 1 unspecified atom stereocenters. The maximum absolute atomic E-state index is 5.30. The molecule has 5 nitrogen and oxygen atoms in total. The van der Waals surface area contributed by atoms with Crippen molar-refractivity contribution < 1.29 is 4.74 Å². The molecule has 1 aliphatic heterocycles. The van der Waals surface area contributed by atoms with Crippen LogP contribution in [0.1, 0.15) is 6.42 Å². The predicted molar refractivity (Wildman–Crippen MR) is 58.9 cm³/mol. The van der Waals surface area contributed by atoms with Gasteiger partial charge in [-0.1, -0.05) is 11.8 Å². The fourth-order valence-corrected chi connectivity index (χ4v) is 2.21. The van der Waals surface area contributed by atoms with Crippen LogP contribution in [0.5, 0.6) is 0 Å². The van der Waals surface area contributed by atoms with Gasteiger partial charge in [0.05, 0.1) is 6.61 Å². The van der Waals surface area contributed by atoms with Crippen LogP contribution in [-0.4, -0.2) is 47.2 Å². The average molecular weight is 228 g/mol. The lowest BCUT2D eigenvalue weighted by molar-refractivity contribution is 0.185. The monoisotopic (exact) mass is 228 g/mol. The first-order chi connectivity index (χ1) is 7.45. The molecule has 1 aromatic rings. The first-order valence-corrected chi connectivity index (χ1v) is 6.20. The molecule has 1 aromatic heterocycles. The Bertz CT molecular complexity index is 261. The predicted octanol–water partition coefficient (Wildman–Crippen LogP) is 0.523. The van der Waals surface area contributed by atoms with Gasteiger partial charge in [-0.05, 0) is 12.3 Å². The minimum atomic E-state index is 0.709. The van der Waals surface area contributed by atoms with E-state index in [0.29, 0.717) is 5.92 Å². The molecule has 2 heterocycles.